The molecule has 2 aliphatic heterocycles. The number of hydrogen-bond acceptors (Lipinski definition) is 5. The van der Waals surface area contributed by atoms with Crippen molar-refractivity contribution in [1.29, 1.82) is 0 Å². The number of rotatable bonds is 3. The zero-order valence-electron chi connectivity index (χ0n) is 15.4. The van der Waals surface area contributed by atoms with Crippen LogP contribution in [0.4, 0.5) is 4.79 Å². The van der Waals surface area contributed by atoms with Crippen molar-refractivity contribution < 1.29 is 19.1 Å². The van der Waals surface area contributed by atoms with Crippen molar-refractivity contribution in [1.82, 2.24) is 14.7 Å². The van der Waals surface area contributed by atoms with E-state index in [1.807, 2.05) is 11.8 Å². The van der Waals surface area contributed by atoms with Gasteiger partial charge in [-0.2, -0.15) is 0 Å². The van der Waals surface area contributed by atoms with Gasteiger partial charge in [0.05, 0.1) is 24.9 Å². The number of carbonyl (C=O) groups excluding carboxylic acids is 3. The fourth-order valence-electron chi connectivity index (χ4n) is 6.61. The Labute approximate surface area is 153 Å². The molecule has 4 aliphatic carbocycles. The second-order valence-electron chi connectivity index (χ2n) is 9.20. The van der Waals surface area contributed by atoms with Gasteiger partial charge in [-0.1, -0.05) is 0 Å². The molecule has 1 atom stereocenters. The quantitative estimate of drug-likeness (QED) is 0.562. The van der Waals surface area contributed by atoms with Gasteiger partial charge in [0.25, 0.3) is 0 Å². The van der Waals surface area contributed by atoms with Crippen LogP contribution in [0.5, 0.6) is 0 Å². The third-order valence-corrected chi connectivity index (χ3v) is 7.20. The molecule has 0 aromatic carbocycles. The Morgan fingerprint density at radius 2 is 1.62 bits per heavy atom. The van der Waals surface area contributed by atoms with E-state index in [4.69, 9.17) is 4.74 Å². The molecule has 6 rings (SSSR count). The van der Waals surface area contributed by atoms with Crippen LogP contribution in [-0.4, -0.2) is 70.6 Å². The molecule has 0 aromatic rings. The number of ether oxygens (including phenoxy) is 1. The number of nitrogens with zero attached hydrogens (tertiary/aromatic N) is 3. The largest absolute Gasteiger partial charge is 0.376 e. The van der Waals surface area contributed by atoms with Gasteiger partial charge in [-0.15, -0.1) is 0 Å². The normalized spacial score (nSPS) is 43.0. The number of carbonyl (C=O) groups is 3. The molecule has 4 amide bonds. The van der Waals surface area contributed by atoms with Gasteiger partial charge >= 0.3 is 17.8 Å². The number of urea groups is 1. The summed E-state index contributed by atoms with van der Waals surface area (Å²) in [4.78, 5) is 43.2. The highest BCUT2D eigenvalue weighted by molar-refractivity contribution is 6.44. The van der Waals surface area contributed by atoms with Gasteiger partial charge in [0.1, 0.15) is 0 Å². The van der Waals surface area contributed by atoms with Crippen LogP contribution in [0.2, 0.25) is 0 Å². The fraction of sp³-hybridized carbons (Fsp3) is 0.842. The first-order valence-electron chi connectivity index (χ1n) is 9.99. The Morgan fingerprint density at radius 3 is 2.19 bits per heavy atom. The lowest BCUT2D eigenvalue weighted by atomic mass is 9.52. The Balaban J connectivity index is 1.38. The number of morpholine rings is 1. The van der Waals surface area contributed by atoms with E-state index in [-0.39, 0.29) is 18.8 Å². The summed E-state index contributed by atoms with van der Waals surface area (Å²) in [5.41, 5.74) is -0.397. The van der Waals surface area contributed by atoms with Crippen molar-refractivity contribution in [3.05, 3.63) is 0 Å². The zero-order chi connectivity index (χ0) is 18.1. The minimum absolute atomic E-state index is 0.0755. The molecular formula is C19H27N3O4. The van der Waals surface area contributed by atoms with E-state index in [1.54, 1.807) is 0 Å². The SMILES string of the molecule is C[C@@H]1CN(CN2C(=O)C(=O)N(C34CC5CC(CC(C5)C3)C4)C2=O)CCO1. The minimum Gasteiger partial charge on any atom is -0.376 e. The highest BCUT2D eigenvalue weighted by atomic mass is 16.5. The maximum absolute atomic E-state index is 13.1. The molecule has 0 unspecified atom stereocenters. The average molecular weight is 361 g/mol. The molecule has 6 aliphatic rings. The van der Waals surface area contributed by atoms with Crippen LogP contribution in [0.1, 0.15) is 45.4 Å². The maximum Gasteiger partial charge on any atom is 0.335 e. The lowest BCUT2D eigenvalue weighted by molar-refractivity contribution is -0.150. The Morgan fingerprint density at radius 1 is 1.00 bits per heavy atom. The first-order valence-corrected chi connectivity index (χ1v) is 9.99. The zero-order valence-corrected chi connectivity index (χ0v) is 15.4. The Hall–Kier alpha value is -1.47. The summed E-state index contributed by atoms with van der Waals surface area (Å²) >= 11 is 0. The monoisotopic (exact) mass is 361 g/mol. The molecule has 2 heterocycles. The molecule has 7 heteroatoms. The van der Waals surface area contributed by atoms with Gasteiger partial charge in [-0.05, 0) is 63.2 Å². The molecule has 26 heavy (non-hydrogen) atoms. The Bertz CT molecular complexity index is 628. The number of imide groups is 2. The van der Waals surface area contributed by atoms with Crippen molar-refractivity contribution in [2.75, 3.05) is 26.4 Å². The van der Waals surface area contributed by atoms with Crippen LogP contribution in [0.15, 0.2) is 0 Å². The lowest BCUT2D eigenvalue weighted by Crippen LogP contribution is -2.62. The van der Waals surface area contributed by atoms with Crippen LogP contribution in [-0.2, 0) is 14.3 Å². The summed E-state index contributed by atoms with van der Waals surface area (Å²) < 4.78 is 5.53. The van der Waals surface area contributed by atoms with Gasteiger partial charge in [0.15, 0.2) is 0 Å². The van der Waals surface area contributed by atoms with Crippen molar-refractivity contribution in [3.63, 3.8) is 0 Å². The first kappa shape index (κ1) is 16.7. The third kappa shape index (κ3) is 2.43. The fourth-order valence-corrected chi connectivity index (χ4v) is 6.61. The smallest absolute Gasteiger partial charge is 0.335 e. The van der Waals surface area contributed by atoms with Crippen LogP contribution < -0.4 is 0 Å². The van der Waals surface area contributed by atoms with E-state index in [0.717, 1.165) is 19.3 Å². The standard InChI is InChI=1S/C19H27N3O4/c1-12-10-20(2-3-26-12)11-21-16(23)17(24)22(18(21)25)19-7-13-4-14(8-19)6-15(5-13)9-19/h12-15H,2-11H2,1H3/t12-,13?,14?,15?,19?/m1/s1. The predicted molar refractivity (Wildman–Crippen MR) is 91.8 cm³/mol. The van der Waals surface area contributed by atoms with Crippen molar-refractivity contribution in [2.45, 2.75) is 57.1 Å². The predicted octanol–water partition coefficient (Wildman–Crippen LogP) is 1.42. The molecule has 0 N–H and O–H groups in total. The summed E-state index contributed by atoms with van der Waals surface area (Å²) in [6.07, 6.45) is 6.47. The average Bonchev–Trinajstić information content (AvgIpc) is 2.78. The summed E-state index contributed by atoms with van der Waals surface area (Å²) in [6, 6.07) is -0.388. The van der Waals surface area contributed by atoms with E-state index in [9.17, 15) is 14.4 Å². The van der Waals surface area contributed by atoms with Gasteiger partial charge < -0.3 is 4.74 Å². The van der Waals surface area contributed by atoms with Crippen LogP contribution in [0.25, 0.3) is 0 Å². The van der Waals surface area contributed by atoms with Crippen molar-refractivity contribution in [2.24, 2.45) is 17.8 Å². The molecule has 2 saturated heterocycles. The summed E-state index contributed by atoms with van der Waals surface area (Å²) in [6.45, 7) is 4.10. The van der Waals surface area contributed by atoms with Crippen molar-refractivity contribution in [3.8, 4) is 0 Å². The molecule has 4 bridgehead atoms. The number of hydrogen-bond donors (Lipinski definition) is 0. The molecule has 142 valence electrons. The molecule has 6 fully saturated rings. The van der Waals surface area contributed by atoms with Crippen LogP contribution >= 0.6 is 0 Å². The highest BCUT2D eigenvalue weighted by Gasteiger charge is 2.61. The summed E-state index contributed by atoms with van der Waals surface area (Å²) in [5, 5.41) is 0. The van der Waals surface area contributed by atoms with Crippen LogP contribution in [0, 0.1) is 17.8 Å². The van der Waals surface area contributed by atoms with E-state index in [2.05, 4.69) is 0 Å². The Kier molecular flexibility index (Phi) is 3.70. The summed E-state index contributed by atoms with van der Waals surface area (Å²) in [7, 11) is 0. The number of amides is 4. The van der Waals surface area contributed by atoms with E-state index < -0.39 is 17.4 Å². The van der Waals surface area contributed by atoms with E-state index in [0.29, 0.717) is 37.5 Å². The molecule has 7 nitrogen and oxygen atoms in total. The van der Waals surface area contributed by atoms with Gasteiger partial charge in [-0.25, -0.2) is 14.6 Å². The third-order valence-electron chi connectivity index (χ3n) is 7.20. The van der Waals surface area contributed by atoms with E-state index >= 15 is 0 Å². The molecular weight excluding hydrogens is 334 g/mol. The minimum atomic E-state index is -0.648. The van der Waals surface area contributed by atoms with Crippen LogP contribution in [0.3, 0.4) is 0 Å². The van der Waals surface area contributed by atoms with Gasteiger partial charge in [0.2, 0.25) is 0 Å². The molecule has 0 aromatic heterocycles. The second kappa shape index (κ2) is 5.76. The highest BCUT2D eigenvalue weighted by Crippen LogP contribution is 2.58. The summed E-state index contributed by atoms with van der Waals surface area (Å²) in [5.74, 6) is 0.603. The molecule has 0 spiro atoms. The van der Waals surface area contributed by atoms with E-state index in [1.165, 1.54) is 29.1 Å². The maximum atomic E-state index is 13.1. The topological polar surface area (TPSA) is 70.2 Å². The molecule has 0 radical (unpaired) electrons. The molecule has 4 saturated carbocycles. The first-order chi connectivity index (χ1) is 12.4. The van der Waals surface area contributed by atoms with Gasteiger partial charge in [0, 0.05) is 13.1 Å². The van der Waals surface area contributed by atoms with Gasteiger partial charge in [-0.3, -0.25) is 14.5 Å². The van der Waals surface area contributed by atoms with Crippen molar-refractivity contribution >= 4 is 17.8 Å². The second-order valence-corrected chi connectivity index (χ2v) is 9.20. The lowest BCUT2D eigenvalue weighted by Gasteiger charge is -2.58.